The van der Waals surface area contributed by atoms with Crippen molar-refractivity contribution in [3.05, 3.63) is 29.3 Å². The van der Waals surface area contributed by atoms with Gasteiger partial charge in [0.2, 0.25) is 0 Å². The van der Waals surface area contributed by atoms with Crippen LogP contribution in [0, 0.1) is 12.3 Å². The fourth-order valence-corrected chi connectivity index (χ4v) is 3.47. The Morgan fingerprint density at radius 1 is 1.43 bits per heavy atom. The zero-order valence-corrected chi connectivity index (χ0v) is 12.5. The Kier molecular flexibility index (Phi) is 3.89. The topological polar surface area (TPSA) is 58.6 Å². The van der Waals surface area contributed by atoms with Gasteiger partial charge in [0.05, 0.1) is 5.41 Å². The van der Waals surface area contributed by atoms with Crippen molar-refractivity contribution in [3.63, 3.8) is 0 Å². The number of carboxylic acids is 1. The van der Waals surface area contributed by atoms with Crippen LogP contribution in [0.5, 0.6) is 5.75 Å². The Morgan fingerprint density at radius 3 is 2.90 bits per heavy atom. The second-order valence-electron chi connectivity index (χ2n) is 6.50. The molecule has 0 spiro atoms. The molecule has 1 saturated carbocycles. The highest BCUT2D eigenvalue weighted by molar-refractivity contribution is 5.75. The van der Waals surface area contributed by atoms with E-state index in [9.17, 15) is 9.90 Å². The minimum Gasteiger partial charge on any atom is -0.492 e. The summed E-state index contributed by atoms with van der Waals surface area (Å²) in [5.74, 6) is 0.321. The van der Waals surface area contributed by atoms with Crippen LogP contribution in [0.1, 0.15) is 36.8 Å². The molecule has 1 fully saturated rings. The van der Waals surface area contributed by atoms with E-state index in [1.165, 1.54) is 11.1 Å². The standard InChI is InChI=1S/C17H23NO3/c1-12-4-5-13-9-14(10-21-15(13)8-12)18-11-17(16(19)20)6-2-3-7-17/h4-5,8,14,18H,2-3,6-7,9-11H2,1H3,(H,19,20). The van der Waals surface area contributed by atoms with Crippen LogP contribution in [0.15, 0.2) is 18.2 Å². The van der Waals surface area contributed by atoms with E-state index in [1.807, 2.05) is 0 Å². The van der Waals surface area contributed by atoms with Crippen molar-refractivity contribution in [1.82, 2.24) is 5.32 Å². The average molecular weight is 289 g/mol. The van der Waals surface area contributed by atoms with Gasteiger partial charge in [-0.15, -0.1) is 0 Å². The molecule has 1 aliphatic carbocycles. The minimum atomic E-state index is -0.653. The van der Waals surface area contributed by atoms with Crippen molar-refractivity contribution >= 4 is 5.97 Å². The highest BCUT2D eigenvalue weighted by Crippen LogP contribution is 2.38. The Hall–Kier alpha value is -1.55. The Morgan fingerprint density at radius 2 is 2.19 bits per heavy atom. The van der Waals surface area contributed by atoms with E-state index in [1.54, 1.807) is 0 Å². The largest absolute Gasteiger partial charge is 0.492 e. The molecular weight excluding hydrogens is 266 g/mol. The van der Waals surface area contributed by atoms with Gasteiger partial charge < -0.3 is 15.2 Å². The lowest BCUT2D eigenvalue weighted by Gasteiger charge is -2.30. The molecule has 4 nitrogen and oxygen atoms in total. The van der Waals surface area contributed by atoms with Gasteiger partial charge in [-0.2, -0.15) is 0 Å². The van der Waals surface area contributed by atoms with Crippen LogP contribution in [0.4, 0.5) is 0 Å². The number of carbonyl (C=O) groups is 1. The molecule has 0 amide bonds. The van der Waals surface area contributed by atoms with Crippen LogP contribution in [-0.2, 0) is 11.2 Å². The SMILES string of the molecule is Cc1ccc2c(c1)OCC(NCC1(C(=O)O)CCCC1)C2. The number of benzene rings is 1. The summed E-state index contributed by atoms with van der Waals surface area (Å²) in [5.41, 5.74) is 1.85. The van der Waals surface area contributed by atoms with Gasteiger partial charge in [0.15, 0.2) is 0 Å². The Balaban J connectivity index is 1.62. The molecule has 2 aliphatic rings. The summed E-state index contributed by atoms with van der Waals surface area (Å²) in [6.45, 7) is 3.23. The first kappa shape index (κ1) is 14.4. The number of rotatable bonds is 4. The van der Waals surface area contributed by atoms with Gasteiger partial charge >= 0.3 is 5.97 Å². The van der Waals surface area contributed by atoms with Crippen LogP contribution in [0.2, 0.25) is 0 Å². The number of fused-ring (bicyclic) bond motifs is 1. The summed E-state index contributed by atoms with van der Waals surface area (Å²) in [4.78, 5) is 11.6. The van der Waals surface area contributed by atoms with Crippen LogP contribution in [0.3, 0.4) is 0 Å². The fraction of sp³-hybridized carbons (Fsp3) is 0.588. The lowest BCUT2D eigenvalue weighted by Crippen LogP contribution is -2.47. The second-order valence-corrected chi connectivity index (χ2v) is 6.50. The van der Waals surface area contributed by atoms with Crippen molar-refractivity contribution in [2.45, 2.75) is 45.1 Å². The summed E-state index contributed by atoms with van der Waals surface area (Å²) in [5, 5.41) is 12.9. The molecule has 3 rings (SSSR count). The van der Waals surface area contributed by atoms with Gasteiger partial charge in [0.1, 0.15) is 12.4 Å². The quantitative estimate of drug-likeness (QED) is 0.894. The lowest BCUT2D eigenvalue weighted by atomic mass is 9.86. The summed E-state index contributed by atoms with van der Waals surface area (Å²) >= 11 is 0. The lowest BCUT2D eigenvalue weighted by molar-refractivity contribution is -0.148. The summed E-state index contributed by atoms with van der Waals surface area (Å²) in [7, 11) is 0. The zero-order chi connectivity index (χ0) is 14.9. The molecule has 21 heavy (non-hydrogen) atoms. The highest BCUT2D eigenvalue weighted by Gasteiger charge is 2.41. The molecule has 0 aromatic heterocycles. The van der Waals surface area contributed by atoms with E-state index < -0.39 is 11.4 Å². The second kappa shape index (κ2) is 5.68. The average Bonchev–Trinajstić information content (AvgIpc) is 2.95. The predicted octanol–water partition coefficient (Wildman–Crippen LogP) is 2.53. The molecule has 114 valence electrons. The first-order valence-electron chi connectivity index (χ1n) is 7.78. The van der Waals surface area contributed by atoms with E-state index in [0.29, 0.717) is 13.2 Å². The molecule has 1 aromatic carbocycles. The first-order valence-corrected chi connectivity index (χ1v) is 7.78. The summed E-state index contributed by atoms with van der Waals surface area (Å²) in [6, 6.07) is 6.49. The van der Waals surface area contributed by atoms with E-state index in [-0.39, 0.29) is 6.04 Å². The van der Waals surface area contributed by atoms with Crippen LogP contribution >= 0.6 is 0 Å². The van der Waals surface area contributed by atoms with Gasteiger partial charge in [-0.25, -0.2) is 0 Å². The summed E-state index contributed by atoms with van der Waals surface area (Å²) in [6.07, 6.45) is 4.54. The smallest absolute Gasteiger partial charge is 0.310 e. The van der Waals surface area contributed by atoms with Gasteiger partial charge in [0, 0.05) is 12.6 Å². The molecule has 0 bridgehead atoms. The van der Waals surface area contributed by atoms with E-state index >= 15 is 0 Å². The molecule has 0 saturated heterocycles. The third kappa shape index (κ3) is 2.91. The number of aryl methyl sites for hydroxylation is 1. The van der Waals surface area contributed by atoms with Gasteiger partial charge in [-0.3, -0.25) is 4.79 Å². The predicted molar refractivity (Wildman–Crippen MR) is 80.7 cm³/mol. The fourth-order valence-electron chi connectivity index (χ4n) is 3.47. The third-order valence-electron chi connectivity index (χ3n) is 4.87. The molecular formula is C17H23NO3. The number of aliphatic carboxylic acids is 1. The number of hydrogen-bond donors (Lipinski definition) is 2. The van der Waals surface area contributed by atoms with Crippen molar-refractivity contribution in [2.24, 2.45) is 5.41 Å². The van der Waals surface area contributed by atoms with Crippen molar-refractivity contribution in [3.8, 4) is 5.75 Å². The molecule has 1 aromatic rings. The Labute approximate surface area is 125 Å². The van der Waals surface area contributed by atoms with Crippen LogP contribution in [-0.4, -0.2) is 30.3 Å². The molecule has 1 atom stereocenters. The van der Waals surface area contributed by atoms with Gasteiger partial charge in [0.25, 0.3) is 0 Å². The number of nitrogens with one attached hydrogen (secondary N) is 1. The molecule has 2 N–H and O–H groups in total. The zero-order valence-electron chi connectivity index (χ0n) is 12.5. The maximum absolute atomic E-state index is 11.6. The number of hydrogen-bond acceptors (Lipinski definition) is 3. The molecule has 1 unspecified atom stereocenters. The van der Waals surface area contributed by atoms with Gasteiger partial charge in [-0.05, 0) is 43.4 Å². The van der Waals surface area contributed by atoms with E-state index in [0.717, 1.165) is 37.9 Å². The minimum absolute atomic E-state index is 0.206. The molecule has 1 heterocycles. The maximum atomic E-state index is 11.6. The van der Waals surface area contributed by atoms with Gasteiger partial charge in [-0.1, -0.05) is 25.0 Å². The maximum Gasteiger partial charge on any atom is 0.310 e. The number of carboxylic acid groups (broad SMARTS) is 1. The number of ether oxygens (including phenoxy) is 1. The third-order valence-corrected chi connectivity index (χ3v) is 4.87. The van der Waals surface area contributed by atoms with E-state index in [2.05, 4.69) is 30.4 Å². The van der Waals surface area contributed by atoms with Crippen molar-refractivity contribution in [2.75, 3.05) is 13.2 Å². The van der Waals surface area contributed by atoms with E-state index in [4.69, 9.17) is 4.74 Å². The summed E-state index contributed by atoms with van der Waals surface area (Å²) < 4.78 is 5.82. The van der Waals surface area contributed by atoms with Crippen LogP contribution < -0.4 is 10.1 Å². The Bertz CT molecular complexity index is 535. The molecule has 0 radical (unpaired) electrons. The van der Waals surface area contributed by atoms with Crippen LogP contribution in [0.25, 0.3) is 0 Å². The van der Waals surface area contributed by atoms with Crippen molar-refractivity contribution in [1.29, 1.82) is 0 Å². The van der Waals surface area contributed by atoms with Crippen molar-refractivity contribution < 1.29 is 14.6 Å². The highest BCUT2D eigenvalue weighted by atomic mass is 16.5. The monoisotopic (exact) mass is 289 g/mol. The normalized spacial score (nSPS) is 23.4. The molecule has 1 aliphatic heterocycles. The molecule has 4 heteroatoms. The first-order chi connectivity index (χ1) is 10.1.